The van der Waals surface area contributed by atoms with E-state index in [2.05, 4.69) is 5.32 Å². The first kappa shape index (κ1) is 11.5. The highest BCUT2D eigenvalue weighted by Gasteiger charge is 1.94. The minimum absolute atomic E-state index is 0.164. The van der Waals surface area contributed by atoms with E-state index >= 15 is 0 Å². The van der Waals surface area contributed by atoms with Crippen molar-refractivity contribution in [2.45, 2.75) is 12.8 Å². The van der Waals surface area contributed by atoms with E-state index < -0.39 is 0 Å². The highest BCUT2D eigenvalue weighted by atomic mass is 35.5. The van der Waals surface area contributed by atoms with Crippen molar-refractivity contribution in [2.75, 3.05) is 19.0 Å². The molecule has 0 saturated carbocycles. The van der Waals surface area contributed by atoms with E-state index in [1.54, 1.807) is 12.1 Å². The van der Waals surface area contributed by atoms with Crippen molar-refractivity contribution in [1.29, 1.82) is 0 Å². The van der Waals surface area contributed by atoms with Crippen LogP contribution in [0.15, 0.2) is 24.3 Å². The van der Waals surface area contributed by atoms with Crippen LogP contribution in [0, 0.1) is 5.82 Å². The van der Waals surface area contributed by atoms with Crippen LogP contribution in [0.3, 0.4) is 0 Å². The van der Waals surface area contributed by atoms with Crippen molar-refractivity contribution < 1.29 is 4.39 Å². The SMILES string of the molecule is Fc1cccc(CCNCCCCl)c1. The Bertz CT molecular complexity index is 265. The molecular formula is C11H15ClFN. The Kier molecular flexibility index (Phi) is 5.57. The molecule has 0 aliphatic heterocycles. The number of benzene rings is 1. The lowest BCUT2D eigenvalue weighted by atomic mass is 10.1. The molecule has 1 aromatic carbocycles. The monoisotopic (exact) mass is 215 g/mol. The van der Waals surface area contributed by atoms with Gasteiger partial charge in [0.1, 0.15) is 5.82 Å². The second kappa shape index (κ2) is 6.80. The highest BCUT2D eigenvalue weighted by molar-refractivity contribution is 6.17. The predicted octanol–water partition coefficient (Wildman–Crippen LogP) is 2.59. The molecule has 0 aliphatic rings. The van der Waals surface area contributed by atoms with Gasteiger partial charge in [0.15, 0.2) is 0 Å². The number of hydrogen-bond donors (Lipinski definition) is 1. The molecule has 0 radical (unpaired) electrons. The Balaban J connectivity index is 2.18. The fourth-order valence-corrected chi connectivity index (χ4v) is 1.38. The van der Waals surface area contributed by atoms with Gasteiger partial charge in [-0.3, -0.25) is 0 Å². The van der Waals surface area contributed by atoms with Gasteiger partial charge in [-0.1, -0.05) is 12.1 Å². The van der Waals surface area contributed by atoms with Gasteiger partial charge in [0.25, 0.3) is 0 Å². The van der Waals surface area contributed by atoms with Crippen LogP contribution in [0.1, 0.15) is 12.0 Å². The van der Waals surface area contributed by atoms with Crippen LogP contribution in [0.5, 0.6) is 0 Å². The van der Waals surface area contributed by atoms with E-state index in [1.165, 1.54) is 6.07 Å². The fraction of sp³-hybridized carbons (Fsp3) is 0.455. The molecule has 0 fully saturated rings. The molecule has 3 heteroatoms. The molecular weight excluding hydrogens is 201 g/mol. The second-order valence-electron chi connectivity index (χ2n) is 3.17. The molecule has 0 atom stereocenters. The standard InChI is InChI=1S/C11H15ClFN/c12-6-2-7-14-8-5-10-3-1-4-11(13)9-10/h1,3-4,9,14H,2,5-8H2. The van der Waals surface area contributed by atoms with E-state index in [4.69, 9.17) is 11.6 Å². The van der Waals surface area contributed by atoms with Gasteiger partial charge in [0.05, 0.1) is 0 Å². The van der Waals surface area contributed by atoms with Crippen LogP contribution >= 0.6 is 11.6 Å². The summed E-state index contributed by atoms with van der Waals surface area (Å²) in [5.41, 5.74) is 1.03. The lowest BCUT2D eigenvalue weighted by Gasteiger charge is -2.03. The Morgan fingerprint density at radius 1 is 1.29 bits per heavy atom. The predicted molar refractivity (Wildman–Crippen MR) is 58.3 cm³/mol. The molecule has 14 heavy (non-hydrogen) atoms. The van der Waals surface area contributed by atoms with Crippen molar-refractivity contribution in [3.8, 4) is 0 Å². The van der Waals surface area contributed by atoms with Crippen molar-refractivity contribution in [3.63, 3.8) is 0 Å². The summed E-state index contributed by atoms with van der Waals surface area (Å²) in [5, 5.41) is 3.25. The molecule has 0 aromatic heterocycles. The van der Waals surface area contributed by atoms with Crippen LogP contribution in [0.25, 0.3) is 0 Å². The number of hydrogen-bond acceptors (Lipinski definition) is 1. The zero-order valence-corrected chi connectivity index (χ0v) is 8.86. The van der Waals surface area contributed by atoms with Crippen LogP contribution in [-0.4, -0.2) is 19.0 Å². The zero-order valence-electron chi connectivity index (χ0n) is 8.10. The molecule has 0 aliphatic carbocycles. The number of alkyl halides is 1. The van der Waals surface area contributed by atoms with E-state index in [9.17, 15) is 4.39 Å². The largest absolute Gasteiger partial charge is 0.316 e. The van der Waals surface area contributed by atoms with Gasteiger partial charge in [-0.05, 0) is 43.6 Å². The van der Waals surface area contributed by atoms with Crippen molar-refractivity contribution >= 4 is 11.6 Å². The molecule has 0 saturated heterocycles. The lowest BCUT2D eigenvalue weighted by molar-refractivity contribution is 0.622. The Morgan fingerprint density at radius 3 is 2.86 bits per heavy atom. The minimum Gasteiger partial charge on any atom is -0.316 e. The lowest BCUT2D eigenvalue weighted by Crippen LogP contribution is -2.18. The summed E-state index contributed by atoms with van der Waals surface area (Å²) in [6, 6.07) is 6.71. The molecule has 0 amide bonds. The average Bonchev–Trinajstić information content (AvgIpc) is 2.18. The first-order valence-electron chi connectivity index (χ1n) is 4.84. The second-order valence-corrected chi connectivity index (χ2v) is 3.55. The maximum atomic E-state index is 12.8. The van der Waals surface area contributed by atoms with Crippen molar-refractivity contribution in [3.05, 3.63) is 35.6 Å². The summed E-state index contributed by atoms with van der Waals surface area (Å²) in [7, 11) is 0. The third-order valence-corrected chi connectivity index (χ3v) is 2.23. The number of halogens is 2. The molecule has 1 nitrogen and oxygen atoms in total. The number of rotatable bonds is 6. The van der Waals surface area contributed by atoms with Crippen LogP contribution in [0.4, 0.5) is 4.39 Å². The molecule has 0 heterocycles. The first-order chi connectivity index (χ1) is 6.83. The van der Waals surface area contributed by atoms with Gasteiger partial charge in [-0.2, -0.15) is 0 Å². The van der Waals surface area contributed by atoms with E-state index in [0.29, 0.717) is 5.88 Å². The molecule has 1 N–H and O–H groups in total. The topological polar surface area (TPSA) is 12.0 Å². The molecule has 78 valence electrons. The summed E-state index contributed by atoms with van der Waals surface area (Å²) in [6.07, 6.45) is 1.84. The Hall–Kier alpha value is -0.600. The van der Waals surface area contributed by atoms with E-state index in [1.807, 2.05) is 6.07 Å². The third-order valence-electron chi connectivity index (χ3n) is 1.97. The average molecular weight is 216 g/mol. The summed E-state index contributed by atoms with van der Waals surface area (Å²) in [5.74, 6) is 0.524. The molecule has 0 bridgehead atoms. The highest BCUT2D eigenvalue weighted by Crippen LogP contribution is 2.03. The van der Waals surface area contributed by atoms with Crippen molar-refractivity contribution in [1.82, 2.24) is 5.32 Å². The summed E-state index contributed by atoms with van der Waals surface area (Å²) in [6.45, 7) is 1.80. The Morgan fingerprint density at radius 2 is 2.14 bits per heavy atom. The van der Waals surface area contributed by atoms with Gasteiger partial charge >= 0.3 is 0 Å². The normalized spacial score (nSPS) is 10.4. The van der Waals surface area contributed by atoms with Crippen LogP contribution in [-0.2, 0) is 6.42 Å². The zero-order chi connectivity index (χ0) is 10.2. The van der Waals surface area contributed by atoms with Gasteiger partial charge in [-0.15, -0.1) is 11.6 Å². The number of nitrogens with one attached hydrogen (secondary N) is 1. The first-order valence-corrected chi connectivity index (χ1v) is 5.37. The molecule has 0 spiro atoms. The fourth-order valence-electron chi connectivity index (χ4n) is 1.24. The minimum atomic E-state index is -0.164. The van der Waals surface area contributed by atoms with Gasteiger partial charge < -0.3 is 5.32 Å². The van der Waals surface area contributed by atoms with Crippen LogP contribution < -0.4 is 5.32 Å². The maximum Gasteiger partial charge on any atom is 0.123 e. The van der Waals surface area contributed by atoms with Gasteiger partial charge in [-0.25, -0.2) is 4.39 Å². The van der Waals surface area contributed by atoms with Crippen LogP contribution in [0.2, 0.25) is 0 Å². The molecule has 1 rings (SSSR count). The smallest absolute Gasteiger partial charge is 0.123 e. The molecule has 1 aromatic rings. The molecule has 0 unspecified atom stereocenters. The van der Waals surface area contributed by atoms with E-state index in [0.717, 1.165) is 31.5 Å². The van der Waals surface area contributed by atoms with Crippen molar-refractivity contribution in [2.24, 2.45) is 0 Å². The summed E-state index contributed by atoms with van der Waals surface area (Å²) < 4.78 is 12.8. The van der Waals surface area contributed by atoms with Gasteiger partial charge in [0.2, 0.25) is 0 Å². The van der Waals surface area contributed by atoms with E-state index in [-0.39, 0.29) is 5.82 Å². The summed E-state index contributed by atoms with van der Waals surface area (Å²) in [4.78, 5) is 0. The third kappa shape index (κ3) is 4.58. The quantitative estimate of drug-likeness (QED) is 0.568. The maximum absolute atomic E-state index is 12.8. The van der Waals surface area contributed by atoms with Gasteiger partial charge in [0, 0.05) is 5.88 Å². The summed E-state index contributed by atoms with van der Waals surface area (Å²) >= 11 is 5.53. The Labute approximate surface area is 89.3 Å².